The second kappa shape index (κ2) is 3.65. The first kappa shape index (κ1) is 14.7. The highest BCUT2D eigenvalue weighted by atomic mass is 16.5. The van der Waals surface area contributed by atoms with E-state index in [1.54, 1.807) is 11.1 Å². The van der Waals surface area contributed by atoms with Crippen LogP contribution in [0.2, 0.25) is 0 Å². The summed E-state index contributed by atoms with van der Waals surface area (Å²) in [6.07, 6.45) is 6.14. The standard InChI is InChI=1S/C23H27NO2/c1-12-5-6-14-9-22-11-23-16(14)17(12)26-19(23)20(3)7-8-21(23,18(22)24(22)4)10-15(20)13(2)25/h5-6,15,18-19H,7-11H2,1-4H3/t15?,18-,19?,20?,21?,22+,23-,24?/m0/s1. The molecule has 3 nitrogen and oxygen atoms in total. The van der Waals surface area contributed by atoms with Gasteiger partial charge in [0.15, 0.2) is 0 Å². The number of ketones is 1. The van der Waals surface area contributed by atoms with Crippen molar-refractivity contribution in [1.29, 1.82) is 0 Å². The summed E-state index contributed by atoms with van der Waals surface area (Å²) >= 11 is 0. The SMILES string of the molecule is CC(=O)C1CC23CCC1(C)C1Oc4c(C)ccc5c4[C@@]12C[C@]1(C5)[C@H]3N1C. The predicted octanol–water partition coefficient (Wildman–Crippen LogP) is 3.40. The lowest BCUT2D eigenvalue weighted by Crippen LogP contribution is -2.70. The second-order valence-electron chi connectivity index (χ2n) is 10.7. The van der Waals surface area contributed by atoms with Crippen molar-refractivity contribution in [2.24, 2.45) is 16.7 Å². The number of nitrogens with zero attached hydrogens (tertiary/aromatic N) is 1. The van der Waals surface area contributed by atoms with Gasteiger partial charge < -0.3 is 4.74 Å². The zero-order valence-electron chi connectivity index (χ0n) is 16.2. The number of fused-ring (bicyclic) bond motifs is 2. The first-order valence-corrected chi connectivity index (χ1v) is 10.3. The van der Waals surface area contributed by atoms with Gasteiger partial charge in [-0.1, -0.05) is 19.1 Å². The minimum Gasteiger partial charge on any atom is -0.488 e. The summed E-state index contributed by atoms with van der Waals surface area (Å²) in [6, 6.07) is 5.30. The molecule has 3 heteroatoms. The molecule has 2 heterocycles. The molecule has 1 saturated heterocycles. The zero-order valence-corrected chi connectivity index (χ0v) is 16.2. The van der Waals surface area contributed by atoms with Crippen molar-refractivity contribution in [1.82, 2.24) is 4.90 Å². The Morgan fingerprint density at radius 2 is 2.12 bits per heavy atom. The molecule has 1 aromatic carbocycles. The molecule has 4 saturated carbocycles. The number of carbonyl (C=O) groups is 1. The molecule has 0 N–H and O–H groups in total. The first-order chi connectivity index (χ1) is 12.3. The van der Waals surface area contributed by atoms with E-state index < -0.39 is 0 Å². The van der Waals surface area contributed by atoms with Gasteiger partial charge in [0, 0.05) is 39.3 Å². The van der Waals surface area contributed by atoms with Crippen LogP contribution in [0.5, 0.6) is 5.75 Å². The van der Waals surface area contributed by atoms with Crippen LogP contribution < -0.4 is 4.74 Å². The molecule has 5 fully saturated rings. The molecule has 4 bridgehead atoms. The fourth-order valence-electron chi connectivity index (χ4n) is 9.34. The van der Waals surface area contributed by atoms with Crippen LogP contribution in [0.25, 0.3) is 0 Å². The molecule has 2 aliphatic heterocycles. The van der Waals surface area contributed by atoms with Crippen LogP contribution in [0.3, 0.4) is 0 Å². The molecule has 8 rings (SSSR count). The van der Waals surface area contributed by atoms with Crippen LogP contribution in [-0.4, -0.2) is 35.4 Å². The third kappa shape index (κ3) is 1.07. The number of piperidine rings is 1. The maximum absolute atomic E-state index is 12.7. The molecular weight excluding hydrogens is 322 g/mol. The highest BCUT2D eigenvalue weighted by molar-refractivity contribution is 5.81. The Balaban J connectivity index is 1.60. The quantitative estimate of drug-likeness (QED) is 0.728. The summed E-state index contributed by atoms with van der Waals surface area (Å²) in [6.45, 7) is 6.40. The Morgan fingerprint density at radius 1 is 1.31 bits per heavy atom. The molecule has 0 amide bonds. The van der Waals surface area contributed by atoms with Crippen molar-refractivity contribution in [2.75, 3.05) is 7.05 Å². The number of benzene rings is 1. The Bertz CT molecular complexity index is 938. The minimum atomic E-state index is -0.00973. The zero-order chi connectivity index (χ0) is 17.9. The fourth-order valence-corrected chi connectivity index (χ4v) is 9.34. The molecular formula is C23H27NO2. The molecule has 1 aromatic rings. The predicted molar refractivity (Wildman–Crippen MR) is 98.4 cm³/mol. The van der Waals surface area contributed by atoms with Crippen molar-refractivity contribution in [2.45, 2.75) is 76.0 Å². The lowest BCUT2D eigenvalue weighted by atomic mass is 9.37. The second-order valence-corrected chi connectivity index (χ2v) is 10.7. The summed E-state index contributed by atoms with van der Waals surface area (Å²) in [5, 5.41) is 0. The van der Waals surface area contributed by atoms with E-state index in [4.69, 9.17) is 4.74 Å². The van der Waals surface area contributed by atoms with Crippen LogP contribution in [0.1, 0.15) is 56.2 Å². The number of carbonyl (C=O) groups excluding carboxylic acids is 1. The highest BCUT2D eigenvalue weighted by Gasteiger charge is 2.90. The lowest BCUT2D eigenvalue weighted by Gasteiger charge is -2.66. The van der Waals surface area contributed by atoms with Gasteiger partial charge in [-0.2, -0.15) is 0 Å². The number of hydrogen-bond acceptors (Lipinski definition) is 3. The molecule has 0 aromatic heterocycles. The third-order valence-electron chi connectivity index (χ3n) is 10.2. The Hall–Kier alpha value is -1.35. The van der Waals surface area contributed by atoms with E-state index in [1.807, 2.05) is 6.92 Å². The highest BCUT2D eigenvalue weighted by Crippen LogP contribution is 2.85. The Kier molecular flexibility index (Phi) is 2.06. The van der Waals surface area contributed by atoms with Gasteiger partial charge in [-0.25, -0.2) is 0 Å². The van der Waals surface area contributed by atoms with E-state index in [-0.39, 0.29) is 28.3 Å². The Labute approximate surface area is 155 Å². The van der Waals surface area contributed by atoms with Crippen LogP contribution in [0.4, 0.5) is 0 Å². The van der Waals surface area contributed by atoms with Gasteiger partial charge >= 0.3 is 0 Å². The number of hydrogen-bond donors (Lipinski definition) is 0. The first-order valence-electron chi connectivity index (χ1n) is 10.3. The average Bonchev–Trinajstić information content (AvgIpc) is 2.92. The van der Waals surface area contributed by atoms with Gasteiger partial charge in [0.1, 0.15) is 17.6 Å². The number of rotatable bonds is 1. The van der Waals surface area contributed by atoms with Gasteiger partial charge in [0.2, 0.25) is 0 Å². The smallest absolute Gasteiger partial charge is 0.133 e. The monoisotopic (exact) mass is 349 g/mol. The topological polar surface area (TPSA) is 29.3 Å². The normalized spacial score (nSPS) is 56.0. The van der Waals surface area contributed by atoms with Crippen molar-refractivity contribution in [3.63, 3.8) is 0 Å². The van der Waals surface area contributed by atoms with Crippen molar-refractivity contribution >= 4 is 5.78 Å². The Morgan fingerprint density at radius 3 is 2.88 bits per heavy atom. The van der Waals surface area contributed by atoms with E-state index in [9.17, 15) is 4.79 Å². The van der Waals surface area contributed by atoms with Gasteiger partial charge in [-0.3, -0.25) is 9.69 Å². The van der Waals surface area contributed by atoms with Crippen LogP contribution in [-0.2, 0) is 16.6 Å². The fraction of sp³-hybridized carbons (Fsp3) is 0.696. The maximum Gasteiger partial charge on any atom is 0.133 e. The van der Waals surface area contributed by atoms with Crippen molar-refractivity contribution in [3.8, 4) is 5.75 Å². The van der Waals surface area contributed by atoms with Gasteiger partial charge in [-0.05, 0) is 64.1 Å². The van der Waals surface area contributed by atoms with Crippen LogP contribution in [0.15, 0.2) is 12.1 Å². The number of ether oxygens (including phenoxy) is 1. The van der Waals surface area contributed by atoms with E-state index in [2.05, 4.69) is 37.9 Å². The van der Waals surface area contributed by atoms with Gasteiger partial charge in [0.05, 0.1) is 0 Å². The third-order valence-corrected chi connectivity index (χ3v) is 10.2. The summed E-state index contributed by atoms with van der Waals surface area (Å²) in [7, 11) is 2.34. The number of aryl methyl sites for hydroxylation is 1. The van der Waals surface area contributed by atoms with E-state index in [0.717, 1.165) is 12.8 Å². The molecule has 8 atom stereocenters. The largest absolute Gasteiger partial charge is 0.488 e. The van der Waals surface area contributed by atoms with Gasteiger partial charge in [0.25, 0.3) is 0 Å². The van der Waals surface area contributed by atoms with E-state index >= 15 is 0 Å². The molecule has 26 heavy (non-hydrogen) atoms. The van der Waals surface area contributed by atoms with Crippen LogP contribution >= 0.6 is 0 Å². The molecule has 136 valence electrons. The minimum absolute atomic E-state index is 0.00973. The summed E-state index contributed by atoms with van der Waals surface area (Å²) in [4.78, 5) is 15.4. The number of likely N-dealkylation sites (N-methyl/N-ethyl adjacent to an activating group) is 1. The molecule has 5 unspecified atom stereocenters. The summed E-state index contributed by atoms with van der Waals surface area (Å²) in [5.41, 5.74) is 5.13. The van der Waals surface area contributed by atoms with Crippen molar-refractivity contribution < 1.29 is 9.53 Å². The maximum atomic E-state index is 12.7. The van der Waals surface area contributed by atoms with Gasteiger partial charge in [-0.15, -0.1) is 0 Å². The van der Waals surface area contributed by atoms with Crippen LogP contribution in [0, 0.1) is 23.7 Å². The molecule has 0 radical (unpaired) electrons. The number of Topliss-reactive ketones (excluding diaryl/α,β-unsaturated/α-hetero) is 1. The summed E-state index contributed by atoms with van der Waals surface area (Å²) < 4.78 is 6.90. The van der Waals surface area contributed by atoms with E-state index in [0.29, 0.717) is 17.4 Å². The lowest BCUT2D eigenvalue weighted by molar-refractivity contribution is -0.187. The summed E-state index contributed by atoms with van der Waals surface area (Å²) in [5.74, 6) is 1.74. The molecule has 3 spiro atoms. The van der Waals surface area contributed by atoms with Crippen molar-refractivity contribution in [3.05, 3.63) is 28.8 Å². The molecule has 7 aliphatic rings. The van der Waals surface area contributed by atoms with E-state index in [1.165, 1.54) is 30.6 Å². The molecule has 5 aliphatic carbocycles. The average molecular weight is 349 g/mol. The number of likely N-dealkylation sites (tertiary alicyclic amines) is 1.